The van der Waals surface area contributed by atoms with E-state index in [1.807, 2.05) is 0 Å². The van der Waals surface area contributed by atoms with Crippen molar-refractivity contribution in [2.45, 2.75) is 6.92 Å². The number of benzene rings is 2. The zero-order valence-electron chi connectivity index (χ0n) is 11.2. The van der Waals surface area contributed by atoms with Gasteiger partial charge in [-0.3, -0.25) is 10.1 Å². The predicted octanol–water partition coefficient (Wildman–Crippen LogP) is 2.79. The maximum atomic E-state index is 11.0. The van der Waals surface area contributed by atoms with Crippen LogP contribution in [0.1, 0.15) is 11.1 Å². The van der Waals surface area contributed by atoms with E-state index in [2.05, 4.69) is 5.16 Å². The second-order valence-corrected chi connectivity index (χ2v) is 4.31. The fourth-order valence-electron chi connectivity index (χ4n) is 1.79. The van der Waals surface area contributed by atoms with Gasteiger partial charge in [-0.15, -0.1) is 0 Å². The number of rotatable bonds is 4. The molecule has 0 aliphatic rings. The minimum atomic E-state index is -0.527. The van der Waals surface area contributed by atoms with E-state index in [1.54, 1.807) is 43.3 Å². The Morgan fingerprint density at radius 1 is 1.29 bits per heavy atom. The molecule has 2 aromatic carbocycles. The third-order valence-corrected chi connectivity index (χ3v) is 2.80. The van der Waals surface area contributed by atoms with Crippen molar-refractivity contribution in [2.75, 3.05) is 0 Å². The molecule has 7 heteroatoms. The Balaban J connectivity index is 2.48. The van der Waals surface area contributed by atoms with Gasteiger partial charge in [-0.1, -0.05) is 23.4 Å². The van der Waals surface area contributed by atoms with Crippen molar-refractivity contribution in [1.82, 2.24) is 0 Å². The van der Waals surface area contributed by atoms with Crippen molar-refractivity contribution in [3.8, 4) is 11.5 Å². The number of oxime groups is 1. The first-order valence-electron chi connectivity index (χ1n) is 6.02. The summed E-state index contributed by atoms with van der Waals surface area (Å²) in [6.45, 7) is 1.80. The van der Waals surface area contributed by atoms with Crippen molar-refractivity contribution < 1.29 is 14.9 Å². The molecule has 0 unspecified atom stereocenters. The van der Waals surface area contributed by atoms with Gasteiger partial charge < -0.3 is 15.7 Å². The van der Waals surface area contributed by atoms with Gasteiger partial charge in [-0.2, -0.15) is 0 Å². The minimum absolute atomic E-state index is 0.0955. The zero-order chi connectivity index (χ0) is 15.4. The quantitative estimate of drug-likeness (QED) is 0.295. The summed E-state index contributed by atoms with van der Waals surface area (Å²) in [5.74, 6) is 0.223. The van der Waals surface area contributed by atoms with Crippen LogP contribution in [0.4, 0.5) is 5.69 Å². The van der Waals surface area contributed by atoms with E-state index >= 15 is 0 Å². The van der Waals surface area contributed by atoms with Gasteiger partial charge in [0.15, 0.2) is 5.84 Å². The van der Waals surface area contributed by atoms with Crippen molar-refractivity contribution in [1.29, 1.82) is 0 Å². The number of ether oxygens (including phenoxy) is 1. The van der Waals surface area contributed by atoms with E-state index in [-0.39, 0.29) is 23.0 Å². The molecule has 0 radical (unpaired) electrons. The summed E-state index contributed by atoms with van der Waals surface area (Å²) >= 11 is 0. The van der Waals surface area contributed by atoms with Crippen molar-refractivity contribution in [3.05, 3.63) is 63.7 Å². The lowest BCUT2D eigenvalue weighted by molar-refractivity contribution is -0.385. The van der Waals surface area contributed by atoms with E-state index < -0.39 is 4.92 Å². The average molecular weight is 287 g/mol. The number of aryl methyl sites for hydroxylation is 1. The number of amidine groups is 1. The van der Waals surface area contributed by atoms with Crippen LogP contribution in [0.2, 0.25) is 0 Å². The van der Waals surface area contributed by atoms with Crippen LogP contribution in [0.3, 0.4) is 0 Å². The van der Waals surface area contributed by atoms with Crippen molar-refractivity contribution >= 4 is 11.5 Å². The van der Waals surface area contributed by atoms with E-state index in [4.69, 9.17) is 15.7 Å². The van der Waals surface area contributed by atoms with E-state index in [1.165, 1.54) is 6.07 Å². The van der Waals surface area contributed by atoms with Crippen LogP contribution in [0.15, 0.2) is 47.6 Å². The van der Waals surface area contributed by atoms with Gasteiger partial charge in [0.05, 0.1) is 10.5 Å². The normalized spacial score (nSPS) is 11.2. The second kappa shape index (κ2) is 5.91. The maximum Gasteiger partial charge on any atom is 0.311 e. The Morgan fingerprint density at radius 2 is 2.00 bits per heavy atom. The summed E-state index contributed by atoms with van der Waals surface area (Å²) in [6.07, 6.45) is 0. The Morgan fingerprint density at radius 3 is 2.67 bits per heavy atom. The van der Waals surface area contributed by atoms with E-state index in [0.717, 1.165) is 5.56 Å². The van der Waals surface area contributed by atoms with Gasteiger partial charge in [0.25, 0.3) is 0 Å². The molecule has 0 aliphatic carbocycles. The molecule has 0 saturated carbocycles. The predicted molar refractivity (Wildman–Crippen MR) is 76.9 cm³/mol. The highest BCUT2D eigenvalue weighted by Gasteiger charge is 2.17. The molecule has 2 aromatic rings. The smallest absolute Gasteiger partial charge is 0.311 e. The average Bonchev–Trinajstić information content (AvgIpc) is 2.47. The SMILES string of the molecule is Cc1ccc([N+](=O)[O-])c(Oc2ccccc2/C(N)=N/O)c1. The second-order valence-electron chi connectivity index (χ2n) is 4.31. The van der Waals surface area contributed by atoms with Gasteiger partial charge in [-0.05, 0) is 30.7 Å². The topological polar surface area (TPSA) is 111 Å². The van der Waals surface area contributed by atoms with Gasteiger partial charge >= 0.3 is 5.69 Å². The Kier molecular flexibility index (Phi) is 4.03. The monoisotopic (exact) mass is 287 g/mol. The lowest BCUT2D eigenvalue weighted by Crippen LogP contribution is -2.14. The number of para-hydroxylation sites is 1. The molecule has 108 valence electrons. The third-order valence-electron chi connectivity index (χ3n) is 2.80. The van der Waals surface area contributed by atoms with Gasteiger partial charge in [-0.25, -0.2) is 0 Å². The molecule has 7 nitrogen and oxygen atoms in total. The molecule has 0 amide bonds. The number of hydrogen-bond donors (Lipinski definition) is 2. The van der Waals surface area contributed by atoms with Crippen LogP contribution >= 0.6 is 0 Å². The summed E-state index contributed by atoms with van der Waals surface area (Å²) in [7, 11) is 0. The number of nitrogens with two attached hydrogens (primary N) is 1. The highest BCUT2D eigenvalue weighted by molar-refractivity contribution is 5.99. The lowest BCUT2D eigenvalue weighted by Gasteiger charge is -2.10. The Hall–Kier alpha value is -3.09. The molecule has 3 N–H and O–H groups in total. The Labute approximate surface area is 120 Å². The first kappa shape index (κ1) is 14.3. The zero-order valence-corrected chi connectivity index (χ0v) is 11.2. The Bertz CT molecular complexity index is 713. The molecule has 0 atom stereocenters. The van der Waals surface area contributed by atoms with Gasteiger partial charge in [0.1, 0.15) is 5.75 Å². The number of hydrogen-bond acceptors (Lipinski definition) is 5. The van der Waals surface area contributed by atoms with E-state index in [0.29, 0.717) is 5.56 Å². The molecular formula is C14H13N3O4. The fraction of sp³-hybridized carbons (Fsp3) is 0.0714. The molecule has 0 saturated heterocycles. The van der Waals surface area contributed by atoms with Crippen LogP contribution in [-0.4, -0.2) is 16.0 Å². The molecule has 0 aromatic heterocycles. The number of nitrogens with zero attached hydrogens (tertiary/aromatic N) is 2. The standard InChI is InChI=1S/C14H13N3O4/c1-9-6-7-11(17(19)20)13(8-9)21-12-5-3-2-4-10(12)14(15)16-18/h2-8,18H,1H3,(H2,15,16). The summed E-state index contributed by atoms with van der Waals surface area (Å²) < 4.78 is 5.59. The fourth-order valence-corrected chi connectivity index (χ4v) is 1.79. The number of nitro groups is 1. The molecule has 0 bridgehead atoms. The van der Waals surface area contributed by atoms with Gasteiger partial charge in [0.2, 0.25) is 5.75 Å². The molecular weight excluding hydrogens is 274 g/mol. The van der Waals surface area contributed by atoms with Crippen LogP contribution < -0.4 is 10.5 Å². The lowest BCUT2D eigenvalue weighted by atomic mass is 10.1. The number of nitro benzene ring substituents is 1. The van der Waals surface area contributed by atoms with Crippen LogP contribution in [-0.2, 0) is 0 Å². The van der Waals surface area contributed by atoms with Crippen LogP contribution in [0.5, 0.6) is 11.5 Å². The molecule has 21 heavy (non-hydrogen) atoms. The summed E-state index contributed by atoms with van der Waals surface area (Å²) in [5, 5.41) is 22.7. The summed E-state index contributed by atoms with van der Waals surface area (Å²) in [4.78, 5) is 10.5. The van der Waals surface area contributed by atoms with Crippen molar-refractivity contribution in [2.24, 2.45) is 10.9 Å². The summed E-state index contributed by atoms with van der Waals surface area (Å²) in [6, 6.07) is 11.1. The minimum Gasteiger partial charge on any atom is -0.449 e. The molecule has 0 fully saturated rings. The highest BCUT2D eigenvalue weighted by atomic mass is 16.6. The van der Waals surface area contributed by atoms with E-state index in [9.17, 15) is 10.1 Å². The first-order chi connectivity index (χ1) is 10.0. The molecule has 0 heterocycles. The van der Waals surface area contributed by atoms with Crippen LogP contribution in [0.25, 0.3) is 0 Å². The molecule has 2 rings (SSSR count). The summed E-state index contributed by atoms with van der Waals surface area (Å²) in [5.41, 5.74) is 6.57. The maximum absolute atomic E-state index is 11.0. The molecule has 0 aliphatic heterocycles. The van der Waals surface area contributed by atoms with Gasteiger partial charge in [0, 0.05) is 6.07 Å². The van der Waals surface area contributed by atoms with Crippen molar-refractivity contribution in [3.63, 3.8) is 0 Å². The highest BCUT2D eigenvalue weighted by Crippen LogP contribution is 2.33. The van der Waals surface area contributed by atoms with Crippen LogP contribution in [0, 0.1) is 17.0 Å². The first-order valence-corrected chi connectivity index (χ1v) is 6.02. The molecule has 0 spiro atoms. The third kappa shape index (κ3) is 3.08. The largest absolute Gasteiger partial charge is 0.449 e.